The average molecular weight is 313 g/mol. The SMILES string of the molecule is CN(Cc1cccc([N+](=O)[O-])c1)Cc1nc2ccccc2s1. The molecule has 0 radical (unpaired) electrons. The molecule has 0 unspecified atom stereocenters. The molecule has 0 saturated carbocycles. The van der Waals surface area contributed by atoms with E-state index < -0.39 is 0 Å². The number of thiazole rings is 1. The Labute approximate surface area is 132 Å². The Bertz CT molecular complexity index is 783. The number of para-hydroxylation sites is 1. The smallest absolute Gasteiger partial charge is 0.269 e. The number of non-ortho nitro benzene ring substituents is 1. The first kappa shape index (κ1) is 14.6. The lowest BCUT2D eigenvalue weighted by Gasteiger charge is -2.14. The van der Waals surface area contributed by atoms with Crippen LogP contribution in [-0.4, -0.2) is 21.9 Å². The van der Waals surface area contributed by atoms with Crippen LogP contribution >= 0.6 is 11.3 Å². The van der Waals surface area contributed by atoms with Crippen molar-refractivity contribution in [3.63, 3.8) is 0 Å². The van der Waals surface area contributed by atoms with E-state index in [2.05, 4.69) is 16.0 Å². The Kier molecular flexibility index (Phi) is 4.13. The van der Waals surface area contributed by atoms with Crippen LogP contribution in [0.5, 0.6) is 0 Å². The van der Waals surface area contributed by atoms with Crippen LogP contribution in [0.25, 0.3) is 10.2 Å². The molecule has 112 valence electrons. The van der Waals surface area contributed by atoms with Gasteiger partial charge in [0.1, 0.15) is 5.01 Å². The minimum Gasteiger partial charge on any atom is -0.295 e. The second-order valence-corrected chi connectivity index (χ2v) is 6.29. The minimum atomic E-state index is -0.364. The lowest BCUT2D eigenvalue weighted by atomic mass is 10.2. The van der Waals surface area contributed by atoms with Gasteiger partial charge in [-0.2, -0.15) is 0 Å². The van der Waals surface area contributed by atoms with Crippen molar-refractivity contribution in [2.24, 2.45) is 0 Å². The van der Waals surface area contributed by atoms with E-state index in [0.29, 0.717) is 6.54 Å². The topological polar surface area (TPSA) is 59.3 Å². The molecule has 3 rings (SSSR count). The van der Waals surface area contributed by atoms with E-state index in [0.717, 1.165) is 22.6 Å². The Morgan fingerprint density at radius 3 is 2.77 bits per heavy atom. The minimum absolute atomic E-state index is 0.130. The zero-order chi connectivity index (χ0) is 15.5. The summed E-state index contributed by atoms with van der Waals surface area (Å²) >= 11 is 1.68. The van der Waals surface area contributed by atoms with Crippen LogP contribution in [0.15, 0.2) is 48.5 Å². The summed E-state index contributed by atoms with van der Waals surface area (Å²) in [6.07, 6.45) is 0. The number of benzene rings is 2. The number of fused-ring (bicyclic) bond motifs is 1. The van der Waals surface area contributed by atoms with Gasteiger partial charge in [-0.15, -0.1) is 11.3 Å². The molecular formula is C16H15N3O2S. The van der Waals surface area contributed by atoms with Crippen molar-refractivity contribution in [2.45, 2.75) is 13.1 Å². The van der Waals surface area contributed by atoms with Gasteiger partial charge in [0, 0.05) is 18.7 Å². The molecule has 0 spiro atoms. The molecule has 0 atom stereocenters. The normalized spacial score (nSPS) is 11.2. The van der Waals surface area contributed by atoms with Crippen LogP contribution in [0.3, 0.4) is 0 Å². The maximum Gasteiger partial charge on any atom is 0.269 e. The van der Waals surface area contributed by atoms with Gasteiger partial charge in [0.15, 0.2) is 0 Å². The fourth-order valence-electron chi connectivity index (χ4n) is 2.35. The van der Waals surface area contributed by atoms with Crippen LogP contribution < -0.4 is 0 Å². The Hall–Kier alpha value is -2.31. The molecule has 0 amide bonds. The molecule has 1 heterocycles. The lowest BCUT2D eigenvalue weighted by Crippen LogP contribution is -2.17. The molecule has 0 bridgehead atoms. The molecule has 1 aromatic heterocycles. The molecular weight excluding hydrogens is 298 g/mol. The molecule has 3 aromatic rings. The van der Waals surface area contributed by atoms with Crippen molar-refractivity contribution in [2.75, 3.05) is 7.05 Å². The zero-order valence-electron chi connectivity index (χ0n) is 12.1. The summed E-state index contributed by atoms with van der Waals surface area (Å²) in [4.78, 5) is 17.2. The van der Waals surface area contributed by atoms with E-state index in [4.69, 9.17) is 0 Å². The predicted molar refractivity (Wildman–Crippen MR) is 87.9 cm³/mol. The van der Waals surface area contributed by atoms with Gasteiger partial charge in [-0.25, -0.2) is 4.98 Å². The number of rotatable bonds is 5. The first-order valence-electron chi connectivity index (χ1n) is 6.88. The summed E-state index contributed by atoms with van der Waals surface area (Å²) in [5, 5.41) is 11.9. The van der Waals surface area contributed by atoms with Crippen molar-refractivity contribution in [3.8, 4) is 0 Å². The van der Waals surface area contributed by atoms with E-state index in [-0.39, 0.29) is 10.6 Å². The summed E-state index contributed by atoms with van der Waals surface area (Å²) in [6, 6.07) is 14.8. The molecule has 5 nitrogen and oxygen atoms in total. The highest BCUT2D eigenvalue weighted by Gasteiger charge is 2.10. The third kappa shape index (κ3) is 3.29. The van der Waals surface area contributed by atoms with Crippen LogP contribution in [0.2, 0.25) is 0 Å². The fraction of sp³-hybridized carbons (Fsp3) is 0.188. The molecule has 0 N–H and O–H groups in total. The number of nitro groups is 1. The summed E-state index contributed by atoms with van der Waals surface area (Å²) in [5.41, 5.74) is 2.08. The van der Waals surface area contributed by atoms with Gasteiger partial charge in [0.05, 0.1) is 21.7 Å². The lowest BCUT2D eigenvalue weighted by molar-refractivity contribution is -0.384. The number of nitro benzene ring substituents is 1. The zero-order valence-corrected chi connectivity index (χ0v) is 12.9. The number of hydrogen-bond acceptors (Lipinski definition) is 5. The highest BCUT2D eigenvalue weighted by atomic mass is 32.1. The van der Waals surface area contributed by atoms with Gasteiger partial charge >= 0.3 is 0 Å². The van der Waals surface area contributed by atoms with E-state index in [1.54, 1.807) is 23.5 Å². The van der Waals surface area contributed by atoms with Crippen molar-refractivity contribution >= 4 is 27.2 Å². The van der Waals surface area contributed by atoms with Crippen molar-refractivity contribution < 1.29 is 4.92 Å². The summed E-state index contributed by atoms with van der Waals surface area (Å²) in [7, 11) is 1.99. The predicted octanol–water partition coefficient (Wildman–Crippen LogP) is 3.84. The van der Waals surface area contributed by atoms with Crippen LogP contribution in [0.4, 0.5) is 5.69 Å². The molecule has 22 heavy (non-hydrogen) atoms. The Morgan fingerprint density at radius 2 is 2.00 bits per heavy atom. The van der Waals surface area contributed by atoms with E-state index in [1.165, 1.54) is 10.8 Å². The molecule has 0 aliphatic heterocycles. The largest absolute Gasteiger partial charge is 0.295 e. The van der Waals surface area contributed by atoms with E-state index in [1.807, 2.05) is 31.3 Å². The standard InChI is InChI=1S/C16H15N3O2S/c1-18(10-12-5-4-6-13(9-12)19(20)21)11-16-17-14-7-2-3-8-15(14)22-16/h2-9H,10-11H2,1H3. The van der Waals surface area contributed by atoms with Crippen molar-refractivity contribution in [1.82, 2.24) is 9.88 Å². The number of hydrogen-bond donors (Lipinski definition) is 0. The second-order valence-electron chi connectivity index (χ2n) is 5.17. The molecule has 0 aliphatic rings. The molecule has 0 fully saturated rings. The maximum absolute atomic E-state index is 10.8. The molecule has 2 aromatic carbocycles. The molecule has 6 heteroatoms. The van der Waals surface area contributed by atoms with E-state index >= 15 is 0 Å². The van der Waals surface area contributed by atoms with Gasteiger partial charge in [0.25, 0.3) is 5.69 Å². The molecule has 0 aliphatic carbocycles. The van der Waals surface area contributed by atoms with Crippen molar-refractivity contribution in [1.29, 1.82) is 0 Å². The van der Waals surface area contributed by atoms with E-state index in [9.17, 15) is 10.1 Å². The quantitative estimate of drug-likeness (QED) is 0.530. The maximum atomic E-state index is 10.8. The summed E-state index contributed by atoms with van der Waals surface area (Å²) in [5.74, 6) is 0. The highest BCUT2D eigenvalue weighted by molar-refractivity contribution is 7.18. The van der Waals surface area contributed by atoms with Crippen LogP contribution in [0, 0.1) is 10.1 Å². The first-order valence-corrected chi connectivity index (χ1v) is 7.70. The third-order valence-electron chi connectivity index (χ3n) is 3.32. The van der Waals surface area contributed by atoms with Crippen LogP contribution in [-0.2, 0) is 13.1 Å². The first-order chi connectivity index (χ1) is 10.6. The fourth-order valence-corrected chi connectivity index (χ4v) is 3.40. The van der Waals surface area contributed by atoms with Gasteiger partial charge in [0.2, 0.25) is 0 Å². The van der Waals surface area contributed by atoms with Gasteiger partial charge in [-0.1, -0.05) is 24.3 Å². The average Bonchev–Trinajstić information content (AvgIpc) is 2.89. The number of nitrogens with zero attached hydrogens (tertiary/aromatic N) is 3. The third-order valence-corrected chi connectivity index (χ3v) is 4.34. The van der Waals surface area contributed by atoms with Crippen molar-refractivity contribution in [3.05, 3.63) is 69.2 Å². The second kappa shape index (κ2) is 6.21. The number of aromatic nitrogens is 1. The summed E-state index contributed by atoms with van der Waals surface area (Å²) < 4.78 is 1.18. The van der Waals surface area contributed by atoms with Gasteiger partial charge in [-0.3, -0.25) is 15.0 Å². The van der Waals surface area contributed by atoms with Gasteiger partial charge in [-0.05, 0) is 24.7 Å². The Balaban J connectivity index is 1.70. The molecule has 0 saturated heterocycles. The monoisotopic (exact) mass is 313 g/mol. The summed E-state index contributed by atoms with van der Waals surface area (Å²) in [6.45, 7) is 1.37. The van der Waals surface area contributed by atoms with Crippen LogP contribution in [0.1, 0.15) is 10.6 Å². The van der Waals surface area contributed by atoms with Gasteiger partial charge < -0.3 is 0 Å². The Morgan fingerprint density at radius 1 is 1.18 bits per heavy atom. The highest BCUT2D eigenvalue weighted by Crippen LogP contribution is 2.23.